The van der Waals surface area contributed by atoms with E-state index in [2.05, 4.69) is 10.2 Å². The van der Waals surface area contributed by atoms with E-state index in [1.165, 1.54) is 0 Å². The van der Waals surface area contributed by atoms with Crippen LogP contribution in [0.15, 0.2) is 42.5 Å². The summed E-state index contributed by atoms with van der Waals surface area (Å²) >= 11 is 12.3. The summed E-state index contributed by atoms with van der Waals surface area (Å²) in [6.07, 6.45) is 2.01. The van der Waals surface area contributed by atoms with Crippen molar-refractivity contribution in [1.82, 2.24) is 4.90 Å². The number of carbonyl (C=O) groups is 1. The molecule has 6 heteroatoms. The minimum absolute atomic E-state index is 0.0357. The molecule has 28 heavy (non-hydrogen) atoms. The molecule has 150 valence electrons. The number of carbonyl (C=O) groups excluding carboxylic acids is 1. The van der Waals surface area contributed by atoms with E-state index in [0.717, 1.165) is 49.5 Å². The van der Waals surface area contributed by atoms with E-state index in [1.54, 1.807) is 6.07 Å². The van der Waals surface area contributed by atoms with Gasteiger partial charge in [-0.1, -0.05) is 29.3 Å². The van der Waals surface area contributed by atoms with Crippen molar-refractivity contribution in [2.45, 2.75) is 39.3 Å². The average Bonchev–Trinajstić information content (AvgIpc) is 2.65. The van der Waals surface area contributed by atoms with Crippen molar-refractivity contribution in [1.29, 1.82) is 0 Å². The van der Waals surface area contributed by atoms with Crippen molar-refractivity contribution in [2.75, 3.05) is 18.4 Å². The van der Waals surface area contributed by atoms with Crippen molar-refractivity contribution in [3.8, 4) is 5.75 Å². The highest BCUT2D eigenvalue weighted by Gasteiger charge is 2.26. The second kappa shape index (κ2) is 9.64. The highest BCUT2D eigenvalue weighted by atomic mass is 35.5. The Kier molecular flexibility index (Phi) is 7.22. The summed E-state index contributed by atoms with van der Waals surface area (Å²) in [6.45, 7) is 6.38. The molecule has 1 aliphatic heterocycles. The molecule has 2 aromatic carbocycles. The van der Waals surface area contributed by atoms with Crippen LogP contribution in [0.3, 0.4) is 0 Å². The number of piperidine rings is 1. The van der Waals surface area contributed by atoms with Crippen LogP contribution in [-0.4, -0.2) is 30.0 Å². The smallest absolute Gasteiger partial charge is 0.228 e. The topological polar surface area (TPSA) is 41.6 Å². The van der Waals surface area contributed by atoms with Gasteiger partial charge < -0.3 is 10.1 Å². The number of ether oxygens (including phenoxy) is 1. The number of nitrogens with zero attached hydrogens (tertiary/aromatic N) is 1. The first-order valence-corrected chi connectivity index (χ1v) is 10.4. The van der Waals surface area contributed by atoms with Crippen molar-refractivity contribution in [3.05, 3.63) is 58.1 Å². The zero-order valence-electron chi connectivity index (χ0n) is 16.3. The summed E-state index contributed by atoms with van der Waals surface area (Å²) in [5, 5.41) is 4.33. The number of benzene rings is 2. The first kappa shape index (κ1) is 21.0. The molecule has 0 saturated carbocycles. The summed E-state index contributed by atoms with van der Waals surface area (Å²) < 4.78 is 5.64. The Labute approximate surface area is 176 Å². The number of hydrogen-bond acceptors (Lipinski definition) is 3. The highest BCUT2D eigenvalue weighted by molar-refractivity contribution is 6.35. The maximum atomic E-state index is 12.7. The molecule has 1 heterocycles. The molecule has 1 atom stereocenters. The molecular formula is C22H26Cl2N2O2. The molecule has 1 unspecified atom stereocenters. The average molecular weight is 421 g/mol. The number of halogens is 2. The maximum absolute atomic E-state index is 12.7. The first-order chi connectivity index (χ1) is 13.4. The van der Waals surface area contributed by atoms with Crippen molar-refractivity contribution in [3.63, 3.8) is 0 Å². The quantitative estimate of drug-likeness (QED) is 0.657. The Hall–Kier alpha value is -1.75. The van der Waals surface area contributed by atoms with E-state index in [-0.39, 0.29) is 17.9 Å². The molecule has 0 radical (unpaired) electrons. The summed E-state index contributed by atoms with van der Waals surface area (Å²) in [5.41, 5.74) is 1.83. The van der Waals surface area contributed by atoms with E-state index in [9.17, 15) is 4.79 Å². The maximum Gasteiger partial charge on any atom is 0.228 e. The fraction of sp³-hybridized carbons (Fsp3) is 0.409. The van der Waals surface area contributed by atoms with Crippen LogP contribution in [0, 0.1) is 5.92 Å². The van der Waals surface area contributed by atoms with Gasteiger partial charge in [0.15, 0.2) is 0 Å². The fourth-order valence-corrected chi connectivity index (χ4v) is 3.91. The summed E-state index contributed by atoms with van der Waals surface area (Å²) in [6, 6.07) is 13.1. The number of hydrogen-bond donors (Lipinski definition) is 1. The van der Waals surface area contributed by atoms with Gasteiger partial charge in [-0.15, -0.1) is 0 Å². The molecule has 2 aromatic rings. The minimum atomic E-state index is -0.0357. The molecule has 0 aliphatic carbocycles. The van der Waals surface area contributed by atoms with E-state index in [1.807, 2.05) is 50.2 Å². The van der Waals surface area contributed by atoms with Gasteiger partial charge in [0.05, 0.1) is 12.0 Å². The minimum Gasteiger partial charge on any atom is -0.491 e. The normalized spacial score (nSPS) is 17.5. The third-order valence-corrected chi connectivity index (χ3v) is 5.37. The van der Waals surface area contributed by atoms with Crippen molar-refractivity contribution < 1.29 is 9.53 Å². The van der Waals surface area contributed by atoms with Gasteiger partial charge in [0, 0.05) is 28.8 Å². The van der Waals surface area contributed by atoms with Gasteiger partial charge in [-0.05, 0) is 75.2 Å². The van der Waals surface area contributed by atoms with Crippen LogP contribution >= 0.6 is 23.2 Å². The summed E-state index contributed by atoms with van der Waals surface area (Å²) in [7, 11) is 0. The molecule has 4 nitrogen and oxygen atoms in total. The number of nitrogens with one attached hydrogen (secondary N) is 1. The Balaban J connectivity index is 1.56. The molecule has 1 N–H and O–H groups in total. The standard InChI is InChI=1S/C22H26Cl2N2O2/c1-15(2)28-20-9-7-19(8-10-20)25-22(27)17-4-3-11-26(14-17)13-16-5-6-18(23)12-21(16)24/h5-10,12,15,17H,3-4,11,13-14H2,1-2H3,(H,25,27). The Bertz CT molecular complexity index is 809. The largest absolute Gasteiger partial charge is 0.491 e. The highest BCUT2D eigenvalue weighted by Crippen LogP contribution is 2.26. The van der Waals surface area contributed by atoms with E-state index in [0.29, 0.717) is 10.0 Å². The lowest BCUT2D eigenvalue weighted by molar-refractivity contribution is -0.121. The lowest BCUT2D eigenvalue weighted by Gasteiger charge is -2.32. The zero-order valence-corrected chi connectivity index (χ0v) is 17.8. The summed E-state index contributed by atoms with van der Waals surface area (Å²) in [4.78, 5) is 15.0. The van der Waals surface area contributed by atoms with Crippen LogP contribution < -0.4 is 10.1 Å². The Morgan fingerprint density at radius 2 is 1.96 bits per heavy atom. The molecular weight excluding hydrogens is 395 g/mol. The number of rotatable bonds is 6. The van der Waals surface area contributed by atoms with Crippen LogP contribution in [0.1, 0.15) is 32.3 Å². The Morgan fingerprint density at radius 3 is 2.64 bits per heavy atom. The van der Waals surface area contributed by atoms with Gasteiger partial charge in [-0.3, -0.25) is 9.69 Å². The molecule has 0 bridgehead atoms. The van der Waals surface area contributed by atoms with Crippen LogP contribution in [-0.2, 0) is 11.3 Å². The van der Waals surface area contributed by atoms with E-state index < -0.39 is 0 Å². The molecule has 1 aliphatic rings. The van der Waals surface area contributed by atoms with Crippen LogP contribution in [0.4, 0.5) is 5.69 Å². The number of likely N-dealkylation sites (tertiary alicyclic amines) is 1. The molecule has 1 amide bonds. The van der Waals surface area contributed by atoms with Crippen LogP contribution in [0.2, 0.25) is 10.0 Å². The van der Waals surface area contributed by atoms with Crippen molar-refractivity contribution in [2.24, 2.45) is 5.92 Å². The van der Waals surface area contributed by atoms with Crippen LogP contribution in [0.25, 0.3) is 0 Å². The van der Waals surface area contributed by atoms with Gasteiger partial charge in [0.1, 0.15) is 5.75 Å². The third-order valence-electron chi connectivity index (χ3n) is 4.78. The van der Waals surface area contributed by atoms with Crippen LogP contribution in [0.5, 0.6) is 5.75 Å². The lowest BCUT2D eigenvalue weighted by atomic mass is 9.96. The molecule has 1 fully saturated rings. The molecule has 0 aromatic heterocycles. The van der Waals surface area contributed by atoms with E-state index in [4.69, 9.17) is 27.9 Å². The zero-order chi connectivity index (χ0) is 20.1. The monoisotopic (exact) mass is 420 g/mol. The predicted octanol–water partition coefficient (Wildman–Crippen LogP) is 5.63. The lowest BCUT2D eigenvalue weighted by Crippen LogP contribution is -2.40. The second-order valence-electron chi connectivity index (χ2n) is 7.49. The van der Waals surface area contributed by atoms with Gasteiger partial charge in [-0.2, -0.15) is 0 Å². The van der Waals surface area contributed by atoms with E-state index >= 15 is 0 Å². The van der Waals surface area contributed by atoms with Gasteiger partial charge in [0.25, 0.3) is 0 Å². The molecule has 0 spiro atoms. The van der Waals surface area contributed by atoms with Gasteiger partial charge in [0.2, 0.25) is 5.91 Å². The van der Waals surface area contributed by atoms with Crippen molar-refractivity contribution >= 4 is 34.8 Å². The Morgan fingerprint density at radius 1 is 1.21 bits per heavy atom. The molecule has 1 saturated heterocycles. The van der Waals surface area contributed by atoms with Gasteiger partial charge >= 0.3 is 0 Å². The number of amides is 1. The second-order valence-corrected chi connectivity index (χ2v) is 8.33. The SMILES string of the molecule is CC(C)Oc1ccc(NC(=O)C2CCCN(Cc3ccc(Cl)cc3Cl)C2)cc1. The summed E-state index contributed by atoms with van der Waals surface area (Å²) in [5.74, 6) is 0.826. The molecule has 3 rings (SSSR count). The first-order valence-electron chi connectivity index (χ1n) is 9.64. The fourth-order valence-electron chi connectivity index (χ4n) is 3.44. The predicted molar refractivity (Wildman–Crippen MR) is 115 cm³/mol. The van der Waals surface area contributed by atoms with Gasteiger partial charge in [-0.25, -0.2) is 0 Å². The number of anilines is 1. The third kappa shape index (κ3) is 5.87.